The molecule has 5 heteroatoms. The number of hydrogen-bond acceptors (Lipinski definition) is 2. The van der Waals surface area contributed by atoms with Crippen molar-refractivity contribution < 1.29 is 8.78 Å². The number of hydrogen-bond donors (Lipinski definition) is 0. The Balaban J connectivity index is 3.14. The lowest BCUT2D eigenvalue weighted by Crippen LogP contribution is -2.22. The van der Waals surface area contributed by atoms with Crippen LogP contribution in [0.5, 0.6) is 0 Å². The van der Waals surface area contributed by atoms with Crippen molar-refractivity contribution in [1.29, 1.82) is 0 Å². The van der Waals surface area contributed by atoms with Crippen molar-refractivity contribution in [1.82, 2.24) is 15.0 Å². The van der Waals surface area contributed by atoms with Gasteiger partial charge in [-0.1, -0.05) is 19.1 Å². The van der Waals surface area contributed by atoms with Gasteiger partial charge in [0.2, 0.25) is 0 Å². The highest BCUT2D eigenvalue weighted by Gasteiger charge is 2.40. The van der Waals surface area contributed by atoms with Crippen LogP contribution < -0.4 is 0 Å². The minimum Gasteiger partial charge on any atom is -0.252 e. The van der Waals surface area contributed by atoms with Gasteiger partial charge in [-0.25, -0.2) is 0 Å². The molecule has 0 bridgehead atoms. The van der Waals surface area contributed by atoms with Crippen molar-refractivity contribution in [2.24, 2.45) is 13.0 Å². The summed E-state index contributed by atoms with van der Waals surface area (Å²) in [4.78, 5) is 0. The third-order valence-corrected chi connectivity index (χ3v) is 2.15. The smallest absolute Gasteiger partial charge is 0.252 e. The fourth-order valence-corrected chi connectivity index (χ4v) is 0.986. The highest BCUT2D eigenvalue weighted by Crippen LogP contribution is 2.35. The first kappa shape index (κ1) is 10.1. The van der Waals surface area contributed by atoms with Gasteiger partial charge in [-0.2, -0.15) is 8.78 Å². The Hall–Kier alpha value is -1.00. The molecule has 1 aromatic rings. The standard InChI is InChI=1S/C8H13F2N3/c1-5(2)8(9,10)7-6(3)13(4)12-11-7/h5H,1-4H3. The summed E-state index contributed by atoms with van der Waals surface area (Å²) < 4.78 is 28.2. The van der Waals surface area contributed by atoms with E-state index in [0.29, 0.717) is 5.69 Å². The quantitative estimate of drug-likeness (QED) is 0.711. The molecule has 74 valence electrons. The highest BCUT2D eigenvalue weighted by molar-refractivity contribution is 5.14. The predicted molar refractivity (Wildman–Crippen MR) is 44.5 cm³/mol. The minimum absolute atomic E-state index is 0.218. The van der Waals surface area contributed by atoms with Crippen LogP contribution in [0.4, 0.5) is 8.78 Å². The normalized spacial score (nSPS) is 12.5. The Labute approximate surface area is 75.7 Å². The molecule has 0 fully saturated rings. The van der Waals surface area contributed by atoms with Crippen LogP contribution >= 0.6 is 0 Å². The second kappa shape index (κ2) is 3.05. The maximum Gasteiger partial charge on any atom is 0.295 e. The van der Waals surface area contributed by atoms with Gasteiger partial charge in [0.1, 0.15) is 0 Å². The summed E-state index contributed by atoms with van der Waals surface area (Å²) in [6.45, 7) is 4.52. The maximum absolute atomic E-state index is 13.4. The highest BCUT2D eigenvalue weighted by atomic mass is 19.3. The summed E-state index contributed by atoms with van der Waals surface area (Å²) in [5, 5.41) is 7.02. The van der Waals surface area contributed by atoms with E-state index in [0.717, 1.165) is 0 Å². The largest absolute Gasteiger partial charge is 0.295 e. The molecule has 0 saturated carbocycles. The molecule has 0 amide bonds. The number of aryl methyl sites for hydroxylation is 1. The summed E-state index contributed by atoms with van der Waals surface area (Å²) in [5.41, 5.74) is 0.198. The fourth-order valence-electron chi connectivity index (χ4n) is 0.986. The summed E-state index contributed by atoms with van der Waals surface area (Å²) in [6, 6.07) is 0. The predicted octanol–water partition coefficient (Wildman–Crippen LogP) is 1.87. The van der Waals surface area contributed by atoms with E-state index in [9.17, 15) is 8.78 Å². The zero-order valence-electron chi connectivity index (χ0n) is 8.17. The second-order valence-electron chi connectivity index (χ2n) is 3.42. The molecule has 0 aliphatic rings. The number of nitrogens with zero attached hydrogens (tertiary/aromatic N) is 3. The van der Waals surface area contributed by atoms with Crippen LogP contribution in [0.15, 0.2) is 0 Å². The van der Waals surface area contributed by atoms with Crippen LogP contribution in [-0.2, 0) is 13.0 Å². The minimum atomic E-state index is -2.89. The molecular weight excluding hydrogens is 176 g/mol. The van der Waals surface area contributed by atoms with Crippen LogP contribution in [0.2, 0.25) is 0 Å². The average Bonchev–Trinajstić information content (AvgIpc) is 2.33. The molecule has 1 aromatic heterocycles. The SMILES string of the molecule is Cc1c(C(F)(F)C(C)C)nnn1C. The van der Waals surface area contributed by atoms with Gasteiger partial charge in [-0.05, 0) is 6.92 Å². The van der Waals surface area contributed by atoms with E-state index in [4.69, 9.17) is 0 Å². The fraction of sp³-hybridized carbons (Fsp3) is 0.750. The zero-order valence-corrected chi connectivity index (χ0v) is 8.17. The van der Waals surface area contributed by atoms with E-state index in [1.807, 2.05) is 0 Å². The Kier molecular flexibility index (Phi) is 2.36. The molecule has 0 unspecified atom stereocenters. The molecule has 1 rings (SSSR count). The summed E-state index contributed by atoms with van der Waals surface area (Å²) in [5.74, 6) is -3.65. The third-order valence-electron chi connectivity index (χ3n) is 2.15. The summed E-state index contributed by atoms with van der Waals surface area (Å²) in [7, 11) is 1.60. The van der Waals surface area contributed by atoms with Gasteiger partial charge in [0.15, 0.2) is 5.69 Å². The second-order valence-corrected chi connectivity index (χ2v) is 3.42. The van der Waals surface area contributed by atoms with Crippen molar-refractivity contribution >= 4 is 0 Å². The van der Waals surface area contributed by atoms with Crippen molar-refractivity contribution in [3.8, 4) is 0 Å². The number of aromatic nitrogens is 3. The Bertz CT molecular complexity index is 304. The first-order chi connectivity index (χ1) is 5.87. The molecule has 0 aliphatic carbocycles. The van der Waals surface area contributed by atoms with E-state index >= 15 is 0 Å². The van der Waals surface area contributed by atoms with Crippen LogP contribution in [-0.4, -0.2) is 15.0 Å². The van der Waals surface area contributed by atoms with E-state index in [1.54, 1.807) is 14.0 Å². The first-order valence-electron chi connectivity index (χ1n) is 4.12. The van der Waals surface area contributed by atoms with Crippen LogP contribution in [0.25, 0.3) is 0 Å². The van der Waals surface area contributed by atoms with Gasteiger partial charge in [0.25, 0.3) is 5.92 Å². The topological polar surface area (TPSA) is 30.7 Å². The Morgan fingerprint density at radius 1 is 1.38 bits per heavy atom. The molecule has 0 aromatic carbocycles. The lowest BCUT2D eigenvalue weighted by Gasteiger charge is -2.18. The molecule has 0 radical (unpaired) electrons. The van der Waals surface area contributed by atoms with E-state index in [-0.39, 0.29) is 5.69 Å². The van der Waals surface area contributed by atoms with Crippen molar-refractivity contribution in [2.75, 3.05) is 0 Å². The monoisotopic (exact) mass is 189 g/mol. The number of halogens is 2. The van der Waals surface area contributed by atoms with Crippen LogP contribution in [0.1, 0.15) is 25.2 Å². The van der Waals surface area contributed by atoms with Crippen molar-refractivity contribution in [2.45, 2.75) is 26.7 Å². The molecule has 1 heterocycles. The zero-order chi connectivity index (χ0) is 10.2. The molecule has 0 saturated heterocycles. The van der Waals surface area contributed by atoms with E-state index < -0.39 is 11.8 Å². The van der Waals surface area contributed by atoms with Crippen molar-refractivity contribution in [3.63, 3.8) is 0 Å². The molecule has 0 N–H and O–H groups in total. The maximum atomic E-state index is 13.4. The number of rotatable bonds is 2. The first-order valence-corrected chi connectivity index (χ1v) is 4.12. The molecule has 0 atom stereocenters. The Morgan fingerprint density at radius 3 is 2.23 bits per heavy atom. The lowest BCUT2D eigenvalue weighted by molar-refractivity contribution is -0.0561. The van der Waals surface area contributed by atoms with Crippen molar-refractivity contribution in [3.05, 3.63) is 11.4 Å². The molecule has 0 aliphatic heterocycles. The molecule has 13 heavy (non-hydrogen) atoms. The van der Waals surface area contributed by atoms with Gasteiger partial charge < -0.3 is 0 Å². The molecule has 0 spiro atoms. The van der Waals surface area contributed by atoms with Gasteiger partial charge in [-0.3, -0.25) is 4.68 Å². The van der Waals surface area contributed by atoms with Gasteiger partial charge >= 0.3 is 0 Å². The summed E-state index contributed by atoms with van der Waals surface area (Å²) in [6.07, 6.45) is 0. The molecule has 3 nitrogen and oxygen atoms in total. The van der Waals surface area contributed by atoms with Crippen LogP contribution in [0, 0.1) is 12.8 Å². The van der Waals surface area contributed by atoms with E-state index in [1.165, 1.54) is 18.5 Å². The van der Waals surface area contributed by atoms with Gasteiger partial charge in [0, 0.05) is 13.0 Å². The lowest BCUT2D eigenvalue weighted by atomic mass is 10.0. The van der Waals surface area contributed by atoms with Gasteiger partial charge in [0.05, 0.1) is 5.69 Å². The van der Waals surface area contributed by atoms with Crippen LogP contribution in [0.3, 0.4) is 0 Å². The third kappa shape index (κ3) is 1.55. The molecular formula is C8H13F2N3. The average molecular weight is 189 g/mol. The Morgan fingerprint density at radius 2 is 1.92 bits per heavy atom. The van der Waals surface area contributed by atoms with E-state index in [2.05, 4.69) is 10.3 Å². The summed E-state index contributed by atoms with van der Waals surface area (Å²) >= 11 is 0. The number of alkyl halides is 2. The van der Waals surface area contributed by atoms with Gasteiger partial charge in [-0.15, -0.1) is 5.10 Å².